The van der Waals surface area contributed by atoms with Gasteiger partial charge in [-0.1, -0.05) is 19.3 Å². The van der Waals surface area contributed by atoms with Crippen molar-refractivity contribution in [3.8, 4) is 6.07 Å². The summed E-state index contributed by atoms with van der Waals surface area (Å²) >= 11 is 0. The lowest BCUT2D eigenvalue weighted by Gasteiger charge is -2.22. The molecule has 112 valence electrons. The number of carbonyl (C=O) groups excluding carboxylic acids is 1. The van der Waals surface area contributed by atoms with E-state index < -0.39 is 6.29 Å². The molecular weight excluding hydrogens is 258 g/mol. The molecule has 1 saturated carbocycles. The number of amides is 1. The van der Waals surface area contributed by atoms with Crippen molar-refractivity contribution in [1.82, 2.24) is 10.6 Å². The Morgan fingerprint density at radius 1 is 1.35 bits per heavy atom. The van der Waals surface area contributed by atoms with Crippen LogP contribution in [0.1, 0.15) is 32.1 Å². The number of nitrogens with zero attached hydrogens (tertiary/aromatic N) is 1. The van der Waals surface area contributed by atoms with Gasteiger partial charge in [-0.05, 0) is 12.8 Å². The van der Waals surface area contributed by atoms with Crippen molar-refractivity contribution in [3.05, 3.63) is 11.8 Å². The van der Waals surface area contributed by atoms with Crippen molar-refractivity contribution in [2.75, 3.05) is 20.8 Å². The van der Waals surface area contributed by atoms with Gasteiger partial charge in [-0.25, -0.2) is 0 Å². The van der Waals surface area contributed by atoms with Crippen LogP contribution in [0.2, 0.25) is 0 Å². The summed E-state index contributed by atoms with van der Waals surface area (Å²) in [6.07, 6.45) is 6.48. The number of nitriles is 1. The molecule has 0 radical (unpaired) electrons. The zero-order chi connectivity index (χ0) is 14.8. The SMILES string of the molecule is COC(CN/C=C(/C#N)C(=O)NC1CCCCC1)OC. The lowest BCUT2D eigenvalue weighted by molar-refractivity contribution is -0.118. The number of ether oxygens (including phenoxy) is 2. The van der Waals surface area contributed by atoms with Crippen LogP contribution in [0.25, 0.3) is 0 Å². The van der Waals surface area contributed by atoms with Crippen LogP contribution in [0.5, 0.6) is 0 Å². The molecule has 0 spiro atoms. The molecule has 2 N–H and O–H groups in total. The molecule has 0 atom stereocenters. The summed E-state index contributed by atoms with van der Waals surface area (Å²) in [5.74, 6) is -0.321. The van der Waals surface area contributed by atoms with Crippen molar-refractivity contribution < 1.29 is 14.3 Å². The van der Waals surface area contributed by atoms with Crippen molar-refractivity contribution in [3.63, 3.8) is 0 Å². The molecule has 0 aromatic carbocycles. The standard InChI is InChI=1S/C14H23N3O3/c1-19-13(20-2)10-16-9-11(8-15)14(18)17-12-6-4-3-5-7-12/h9,12-13,16H,3-7,10H2,1-2H3,(H,17,18)/b11-9-. The molecular formula is C14H23N3O3. The van der Waals surface area contributed by atoms with Crippen LogP contribution in [-0.2, 0) is 14.3 Å². The highest BCUT2D eigenvalue weighted by Crippen LogP contribution is 2.17. The van der Waals surface area contributed by atoms with Crippen LogP contribution >= 0.6 is 0 Å². The van der Waals surface area contributed by atoms with Crippen LogP contribution in [0.3, 0.4) is 0 Å². The van der Waals surface area contributed by atoms with Crippen molar-refractivity contribution in [2.45, 2.75) is 44.4 Å². The maximum atomic E-state index is 12.0. The zero-order valence-corrected chi connectivity index (χ0v) is 12.1. The van der Waals surface area contributed by atoms with Gasteiger partial charge in [0, 0.05) is 26.5 Å². The van der Waals surface area contributed by atoms with E-state index in [9.17, 15) is 4.79 Å². The highest BCUT2D eigenvalue weighted by molar-refractivity contribution is 5.97. The molecule has 0 aliphatic heterocycles. The fourth-order valence-corrected chi connectivity index (χ4v) is 2.18. The lowest BCUT2D eigenvalue weighted by atomic mass is 9.95. The lowest BCUT2D eigenvalue weighted by Crippen LogP contribution is -2.37. The highest BCUT2D eigenvalue weighted by Gasteiger charge is 2.18. The van der Waals surface area contributed by atoms with E-state index in [0.717, 1.165) is 25.7 Å². The van der Waals surface area contributed by atoms with E-state index in [1.807, 2.05) is 6.07 Å². The smallest absolute Gasteiger partial charge is 0.263 e. The van der Waals surface area contributed by atoms with Crippen molar-refractivity contribution in [1.29, 1.82) is 5.26 Å². The number of methoxy groups -OCH3 is 2. The molecule has 0 aromatic rings. The van der Waals surface area contributed by atoms with Gasteiger partial charge in [0.15, 0.2) is 6.29 Å². The Bertz CT molecular complexity index is 366. The van der Waals surface area contributed by atoms with Crippen LogP contribution in [0.15, 0.2) is 11.8 Å². The van der Waals surface area contributed by atoms with Crippen LogP contribution in [0, 0.1) is 11.3 Å². The average molecular weight is 281 g/mol. The third-order valence-electron chi connectivity index (χ3n) is 3.36. The Morgan fingerprint density at radius 3 is 2.55 bits per heavy atom. The summed E-state index contributed by atoms with van der Waals surface area (Å²) < 4.78 is 10.00. The monoisotopic (exact) mass is 281 g/mol. The van der Waals surface area contributed by atoms with Gasteiger partial charge in [0.2, 0.25) is 0 Å². The highest BCUT2D eigenvalue weighted by atomic mass is 16.7. The van der Waals surface area contributed by atoms with Gasteiger partial charge in [0.1, 0.15) is 11.6 Å². The molecule has 1 amide bonds. The predicted molar refractivity (Wildman–Crippen MR) is 74.5 cm³/mol. The molecule has 20 heavy (non-hydrogen) atoms. The molecule has 1 aliphatic rings. The first-order valence-electron chi connectivity index (χ1n) is 6.91. The molecule has 6 nitrogen and oxygen atoms in total. The molecule has 1 aliphatic carbocycles. The van der Waals surface area contributed by atoms with Gasteiger partial charge < -0.3 is 20.1 Å². The number of rotatable bonds is 7. The number of hydrogen-bond donors (Lipinski definition) is 2. The van der Waals surface area contributed by atoms with Gasteiger partial charge in [-0.15, -0.1) is 0 Å². The fourth-order valence-electron chi connectivity index (χ4n) is 2.18. The van der Waals surface area contributed by atoms with E-state index in [1.54, 1.807) is 0 Å². The van der Waals surface area contributed by atoms with Crippen LogP contribution in [0.4, 0.5) is 0 Å². The van der Waals surface area contributed by atoms with Gasteiger partial charge in [0.25, 0.3) is 5.91 Å². The first-order valence-corrected chi connectivity index (χ1v) is 6.91. The Hall–Kier alpha value is -1.58. The minimum Gasteiger partial charge on any atom is -0.385 e. The van der Waals surface area contributed by atoms with Crippen LogP contribution in [-0.4, -0.2) is 39.0 Å². The Labute approximate surface area is 120 Å². The first kappa shape index (κ1) is 16.5. The second kappa shape index (κ2) is 9.34. The van der Waals surface area contributed by atoms with Gasteiger partial charge in [-0.3, -0.25) is 4.79 Å². The molecule has 0 bridgehead atoms. The third-order valence-corrected chi connectivity index (χ3v) is 3.36. The zero-order valence-electron chi connectivity index (χ0n) is 12.1. The molecule has 0 unspecified atom stereocenters. The van der Waals surface area contributed by atoms with E-state index in [1.165, 1.54) is 26.8 Å². The second-order valence-electron chi connectivity index (χ2n) is 4.79. The van der Waals surface area contributed by atoms with Crippen LogP contribution < -0.4 is 10.6 Å². The summed E-state index contributed by atoms with van der Waals surface area (Å²) in [6.45, 7) is 0.370. The molecule has 0 aromatic heterocycles. The minimum absolute atomic E-state index is 0.0709. The maximum absolute atomic E-state index is 12.0. The second-order valence-corrected chi connectivity index (χ2v) is 4.79. The van der Waals surface area contributed by atoms with Gasteiger partial charge >= 0.3 is 0 Å². The molecule has 0 heterocycles. The Kier molecular flexibility index (Phi) is 7.70. The van der Waals surface area contributed by atoms with Crippen molar-refractivity contribution in [2.24, 2.45) is 0 Å². The fraction of sp³-hybridized carbons (Fsp3) is 0.714. The molecule has 1 rings (SSSR count). The Balaban J connectivity index is 2.43. The third kappa shape index (κ3) is 5.59. The normalized spacial score (nSPS) is 16.8. The van der Waals surface area contributed by atoms with E-state index in [0.29, 0.717) is 6.54 Å². The maximum Gasteiger partial charge on any atom is 0.263 e. The van der Waals surface area contributed by atoms with Gasteiger partial charge in [-0.2, -0.15) is 5.26 Å². The van der Waals surface area contributed by atoms with E-state index >= 15 is 0 Å². The number of carbonyl (C=O) groups is 1. The average Bonchev–Trinajstić information content (AvgIpc) is 2.48. The summed E-state index contributed by atoms with van der Waals surface area (Å²) in [5.41, 5.74) is 0.0709. The minimum atomic E-state index is -0.410. The predicted octanol–water partition coefficient (Wildman–Crippen LogP) is 1.05. The van der Waals surface area contributed by atoms with Gasteiger partial charge in [0.05, 0.1) is 6.54 Å². The van der Waals surface area contributed by atoms with E-state index in [4.69, 9.17) is 14.7 Å². The van der Waals surface area contributed by atoms with E-state index in [2.05, 4.69) is 10.6 Å². The largest absolute Gasteiger partial charge is 0.385 e. The molecule has 1 fully saturated rings. The summed E-state index contributed by atoms with van der Waals surface area (Å²) in [5, 5.41) is 14.8. The summed E-state index contributed by atoms with van der Waals surface area (Å²) in [4.78, 5) is 12.0. The molecule has 0 saturated heterocycles. The summed E-state index contributed by atoms with van der Waals surface area (Å²) in [7, 11) is 3.06. The number of nitrogens with one attached hydrogen (secondary N) is 2. The summed E-state index contributed by atoms with van der Waals surface area (Å²) in [6, 6.07) is 2.10. The number of hydrogen-bond acceptors (Lipinski definition) is 5. The Morgan fingerprint density at radius 2 is 2.00 bits per heavy atom. The first-order chi connectivity index (χ1) is 9.71. The topological polar surface area (TPSA) is 83.4 Å². The van der Waals surface area contributed by atoms with Crippen molar-refractivity contribution >= 4 is 5.91 Å². The molecule has 6 heteroatoms. The quantitative estimate of drug-likeness (QED) is 0.414. The van der Waals surface area contributed by atoms with E-state index in [-0.39, 0.29) is 17.5 Å².